The smallest absolute Gasteiger partial charge is 0.154 e. The zero-order chi connectivity index (χ0) is 15.1. The number of hydrogen-bond acceptors (Lipinski definition) is 3. The molecule has 1 atom stereocenters. The van der Waals surface area contributed by atoms with E-state index in [4.69, 9.17) is 5.73 Å². The van der Waals surface area contributed by atoms with Gasteiger partial charge in [-0.15, -0.1) is 0 Å². The monoisotopic (exact) mass is 295 g/mol. The Labute approximate surface area is 118 Å². The SMILES string of the molecule is CC(C)(C(N)c1ccc(F)c2ccccc12)S(C)(=O)=O. The van der Waals surface area contributed by atoms with Crippen molar-refractivity contribution in [2.24, 2.45) is 5.73 Å². The van der Waals surface area contributed by atoms with Crippen molar-refractivity contribution in [2.45, 2.75) is 24.6 Å². The van der Waals surface area contributed by atoms with E-state index in [0.717, 1.165) is 0 Å². The van der Waals surface area contributed by atoms with Gasteiger partial charge in [0.2, 0.25) is 0 Å². The summed E-state index contributed by atoms with van der Waals surface area (Å²) >= 11 is 0. The van der Waals surface area contributed by atoms with Crippen molar-refractivity contribution in [3.63, 3.8) is 0 Å². The fraction of sp³-hybridized carbons (Fsp3) is 0.333. The van der Waals surface area contributed by atoms with E-state index in [1.54, 1.807) is 44.2 Å². The first-order valence-electron chi connectivity index (χ1n) is 6.28. The van der Waals surface area contributed by atoms with Crippen molar-refractivity contribution in [1.82, 2.24) is 0 Å². The number of nitrogens with two attached hydrogens (primary N) is 1. The van der Waals surface area contributed by atoms with E-state index in [2.05, 4.69) is 0 Å². The fourth-order valence-electron chi connectivity index (χ4n) is 2.16. The Bertz CT molecular complexity index is 754. The minimum Gasteiger partial charge on any atom is -0.323 e. The Morgan fingerprint density at radius 3 is 2.20 bits per heavy atom. The number of sulfone groups is 1. The van der Waals surface area contributed by atoms with Gasteiger partial charge >= 0.3 is 0 Å². The molecule has 0 saturated carbocycles. The van der Waals surface area contributed by atoms with Crippen LogP contribution in [0.15, 0.2) is 36.4 Å². The van der Waals surface area contributed by atoms with E-state index < -0.39 is 20.6 Å². The van der Waals surface area contributed by atoms with Crippen molar-refractivity contribution in [3.8, 4) is 0 Å². The Hall–Kier alpha value is -1.46. The van der Waals surface area contributed by atoms with Crippen molar-refractivity contribution >= 4 is 20.6 Å². The van der Waals surface area contributed by atoms with Crippen LogP contribution < -0.4 is 5.73 Å². The summed E-state index contributed by atoms with van der Waals surface area (Å²) in [4.78, 5) is 0. The van der Waals surface area contributed by atoms with E-state index in [1.807, 2.05) is 0 Å². The molecular weight excluding hydrogens is 277 g/mol. The second-order valence-corrected chi connectivity index (χ2v) is 8.13. The summed E-state index contributed by atoms with van der Waals surface area (Å²) in [5, 5.41) is 1.10. The first-order valence-corrected chi connectivity index (χ1v) is 8.17. The van der Waals surface area contributed by atoms with Crippen LogP contribution in [0, 0.1) is 5.82 Å². The molecule has 2 aromatic carbocycles. The highest BCUT2D eigenvalue weighted by Gasteiger charge is 2.38. The van der Waals surface area contributed by atoms with Gasteiger partial charge in [-0.1, -0.05) is 30.3 Å². The Balaban J connectivity index is 2.68. The van der Waals surface area contributed by atoms with Crippen molar-refractivity contribution in [1.29, 1.82) is 0 Å². The lowest BCUT2D eigenvalue weighted by Gasteiger charge is -2.30. The molecule has 2 rings (SSSR count). The largest absolute Gasteiger partial charge is 0.323 e. The van der Waals surface area contributed by atoms with Crippen LogP contribution in [0.1, 0.15) is 25.5 Å². The number of rotatable bonds is 3. The van der Waals surface area contributed by atoms with Crippen LogP contribution in [0.2, 0.25) is 0 Å². The van der Waals surface area contributed by atoms with Gasteiger partial charge in [-0.05, 0) is 30.9 Å². The van der Waals surface area contributed by atoms with Crippen LogP contribution >= 0.6 is 0 Å². The quantitative estimate of drug-likeness (QED) is 0.947. The maximum absolute atomic E-state index is 13.8. The first kappa shape index (κ1) is 14.9. The molecule has 0 heterocycles. The van der Waals surface area contributed by atoms with Crippen LogP contribution in [-0.2, 0) is 9.84 Å². The molecule has 0 spiro atoms. The summed E-state index contributed by atoms with van der Waals surface area (Å²) in [6, 6.07) is 9.10. The average Bonchev–Trinajstić information content (AvgIpc) is 2.37. The van der Waals surface area contributed by atoms with Crippen LogP contribution in [0.4, 0.5) is 4.39 Å². The van der Waals surface area contributed by atoms with Crippen molar-refractivity contribution in [3.05, 3.63) is 47.8 Å². The summed E-state index contributed by atoms with van der Waals surface area (Å²) in [5.41, 5.74) is 6.81. The molecule has 0 aromatic heterocycles. The van der Waals surface area contributed by atoms with E-state index in [1.165, 1.54) is 12.3 Å². The molecule has 0 saturated heterocycles. The third-order valence-corrected chi connectivity index (χ3v) is 6.11. The van der Waals surface area contributed by atoms with Gasteiger partial charge in [0, 0.05) is 17.7 Å². The highest BCUT2D eigenvalue weighted by molar-refractivity contribution is 7.92. The maximum atomic E-state index is 13.8. The van der Waals surface area contributed by atoms with Crippen molar-refractivity contribution < 1.29 is 12.8 Å². The summed E-state index contributed by atoms with van der Waals surface area (Å²) in [6.07, 6.45) is 1.17. The minimum absolute atomic E-state index is 0.339. The molecule has 0 fully saturated rings. The van der Waals surface area contributed by atoms with Gasteiger partial charge in [-0.3, -0.25) is 0 Å². The predicted octanol–water partition coefficient (Wildman–Crippen LogP) is 2.80. The molecule has 5 heteroatoms. The second-order valence-electron chi connectivity index (χ2n) is 5.54. The van der Waals surface area contributed by atoms with Gasteiger partial charge in [0.05, 0.1) is 4.75 Å². The maximum Gasteiger partial charge on any atom is 0.154 e. The summed E-state index contributed by atoms with van der Waals surface area (Å²) in [6.45, 7) is 3.18. The van der Waals surface area contributed by atoms with Gasteiger partial charge < -0.3 is 5.73 Å². The molecule has 0 aliphatic carbocycles. The molecule has 0 bridgehead atoms. The number of fused-ring (bicyclic) bond motifs is 1. The lowest BCUT2D eigenvalue weighted by Crippen LogP contribution is -2.42. The molecular formula is C15H18FNO2S. The highest BCUT2D eigenvalue weighted by atomic mass is 32.2. The van der Waals surface area contributed by atoms with Gasteiger partial charge in [0.25, 0.3) is 0 Å². The Morgan fingerprint density at radius 1 is 1.10 bits per heavy atom. The highest BCUT2D eigenvalue weighted by Crippen LogP contribution is 2.34. The molecule has 3 nitrogen and oxygen atoms in total. The summed E-state index contributed by atoms with van der Waals surface area (Å²) in [5.74, 6) is -0.339. The molecule has 0 aliphatic rings. The van der Waals surface area contributed by atoms with Crippen molar-refractivity contribution in [2.75, 3.05) is 6.26 Å². The van der Waals surface area contributed by atoms with Gasteiger partial charge in [0.15, 0.2) is 9.84 Å². The zero-order valence-electron chi connectivity index (χ0n) is 11.7. The molecule has 20 heavy (non-hydrogen) atoms. The molecule has 0 amide bonds. The third-order valence-electron chi connectivity index (χ3n) is 3.94. The third kappa shape index (κ3) is 2.31. The zero-order valence-corrected chi connectivity index (χ0v) is 12.5. The van der Waals surface area contributed by atoms with Gasteiger partial charge in [0.1, 0.15) is 5.82 Å². The molecule has 1 unspecified atom stereocenters. The standard InChI is InChI=1S/C15H18FNO2S/c1-15(2,20(3,18)19)14(17)12-8-9-13(16)11-7-5-4-6-10(11)12/h4-9,14H,17H2,1-3H3. The average molecular weight is 295 g/mol. The summed E-state index contributed by atoms with van der Waals surface area (Å²) < 4.78 is 36.5. The minimum atomic E-state index is -3.35. The van der Waals surface area contributed by atoms with Crippen LogP contribution in [0.3, 0.4) is 0 Å². The van der Waals surface area contributed by atoms with Crippen LogP contribution in [-0.4, -0.2) is 19.4 Å². The topological polar surface area (TPSA) is 60.2 Å². The van der Waals surface area contributed by atoms with Gasteiger partial charge in [-0.2, -0.15) is 0 Å². The number of hydrogen-bond donors (Lipinski definition) is 1. The molecule has 0 radical (unpaired) electrons. The summed E-state index contributed by atoms with van der Waals surface area (Å²) in [7, 11) is -3.35. The number of halogens is 1. The van der Waals surface area contributed by atoms with Gasteiger partial charge in [-0.25, -0.2) is 12.8 Å². The predicted molar refractivity (Wildman–Crippen MR) is 79.8 cm³/mol. The molecule has 0 aliphatic heterocycles. The lowest BCUT2D eigenvalue weighted by atomic mass is 9.91. The Morgan fingerprint density at radius 2 is 1.65 bits per heavy atom. The normalized spacial score (nSPS) is 14.4. The second kappa shape index (κ2) is 4.82. The van der Waals surface area contributed by atoms with E-state index in [-0.39, 0.29) is 5.82 Å². The lowest BCUT2D eigenvalue weighted by molar-refractivity contribution is 0.498. The molecule has 2 aromatic rings. The molecule has 108 valence electrons. The Kier molecular flexibility index (Phi) is 3.60. The van der Waals surface area contributed by atoms with Crippen LogP contribution in [0.25, 0.3) is 10.8 Å². The van der Waals surface area contributed by atoms with Crippen LogP contribution in [0.5, 0.6) is 0 Å². The van der Waals surface area contributed by atoms with E-state index >= 15 is 0 Å². The number of benzene rings is 2. The first-order chi connectivity index (χ1) is 9.16. The molecule has 2 N–H and O–H groups in total. The van der Waals surface area contributed by atoms with E-state index in [0.29, 0.717) is 16.3 Å². The fourth-order valence-corrected chi connectivity index (χ4v) is 2.75. The van der Waals surface area contributed by atoms with E-state index in [9.17, 15) is 12.8 Å².